The topological polar surface area (TPSA) is 72.6 Å². The van der Waals surface area contributed by atoms with E-state index < -0.39 is 5.97 Å². The molecule has 0 aliphatic carbocycles. The number of nitrogens with zero attached hydrogens (tertiary/aromatic N) is 1. The number of likely N-dealkylation sites (N-methyl/N-ethyl adjacent to an activating group) is 1. The van der Waals surface area contributed by atoms with Gasteiger partial charge in [-0.3, -0.25) is 9.59 Å². The van der Waals surface area contributed by atoms with E-state index in [4.69, 9.17) is 0 Å². The number of carbonyl (C=O) groups is 3. The molecule has 25 heavy (non-hydrogen) atoms. The third-order valence-corrected chi connectivity index (χ3v) is 5.29. The molecule has 2 fully saturated rings. The fourth-order valence-electron chi connectivity index (χ4n) is 3.71. The van der Waals surface area contributed by atoms with Crippen LogP contribution in [0.25, 0.3) is 0 Å². The Morgan fingerprint density at radius 2 is 1.80 bits per heavy atom. The Morgan fingerprint density at radius 3 is 2.36 bits per heavy atom. The summed E-state index contributed by atoms with van der Waals surface area (Å²) in [5.41, 5.74) is 0.911. The summed E-state index contributed by atoms with van der Waals surface area (Å²) in [4.78, 5) is 40.8. The van der Waals surface area contributed by atoms with E-state index >= 15 is 0 Å². The summed E-state index contributed by atoms with van der Waals surface area (Å²) in [6.45, 7) is 7.19. The van der Waals surface area contributed by atoms with Crippen molar-refractivity contribution in [1.29, 1.82) is 0 Å². The molecule has 7 heteroatoms. The summed E-state index contributed by atoms with van der Waals surface area (Å²) >= 11 is 0. The van der Waals surface area contributed by atoms with Gasteiger partial charge in [0.05, 0.1) is 31.3 Å². The molecule has 1 atom stereocenters. The van der Waals surface area contributed by atoms with Crippen LogP contribution in [0.15, 0.2) is 24.3 Å². The number of hydrogen-bond acceptors (Lipinski definition) is 4. The number of methoxy groups -OCH3 is 1. The first kappa shape index (κ1) is 17.6. The van der Waals surface area contributed by atoms with E-state index in [9.17, 15) is 14.4 Å². The fraction of sp³-hybridized carbons (Fsp3) is 0.500. The lowest BCUT2D eigenvalue weighted by Crippen LogP contribution is -3.29. The molecule has 0 unspecified atom stereocenters. The number of amides is 2. The van der Waals surface area contributed by atoms with Crippen LogP contribution in [0.5, 0.6) is 0 Å². The molecule has 0 bridgehead atoms. The number of quaternary nitrogens is 2. The van der Waals surface area contributed by atoms with Crippen LogP contribution in [0.2, 0.25) is 0 Å². The zero-order chi connectivity index (χ0) is 18.0. The predicted molar refractivity (Wildman–Crippen MR) is 90.6 cm³/mol. The van der Waals surface area contributed by atoms with Crippen molar-refractivity contribution in [2.75, 3.05) is 44.7 Å². The molecule has 0 spiro atoms. The van der Waals surface area contributed by atoms with Crippen molar-refractivity contribution in [2.24, 2.45) is 0 Å². The van der Waals surface area contributed by atoms with E-state index in [2.05, 4.69) is 11.7 Å². The Bertz CT molecular complexity index is 665. The molecule has 0 aromatic heterocycles. The third kappa shape index (κ3) is 3.43. The quantitative estimate of drug-likeness (QED) is 0.484. The maximum Gasteiger partial charge on any atom is 0.337 e. The Morgan fingerprint density at radius 1 is 1.16 bits per heavy atom. The summed E-state index contributed by atoms with van der Waals surface area (Å²) in [6, 6.07) is 6.11. The van der Waals surface area contributed by atoms with Gasteiger partial charge >= 0.3 is 5.97 Å². The van der Waals surface area contributed by atoms with Crippen molar-refractivity contribution < 1.29 is 28.9 Å². The summed E-state index contributed by atoms with van der Waals surface area (Å²) in [5, 5.41) is 0. The number of esters is 1. The normalized spacial score (nSPS) is 26.8. The van der Waals surface area contributed by atoms with E-state index in [1.165, 1.54) is 16.9 Å². The highest BCUT2D eigenvalue weighted by Gasteiger charge is 2.46. The summed E-state index contributed by atoms with van der Waals surface area (Å²) in [7, 11) is 1.32. The van der Waals surface area contributed by atoms with Crippen molar-refractivity contribution in [1.82, 2.24) is 0 Å². The Kier molecular flexibility index (Phi) is 5.15. The molecule has 7 nitrogen and oxygen atoms in total. The van der Waals surface area contributed by atoms with Gasteiger partial charge in [-0.2, -0.15) is 0 Å². The molecule has 0 saturated carbocycles. The SMILES string of the molecule is CC[NH+]1CC[NH+]([C@@H]2CC(=O)N(c3ccc(C(=O)OC)cc3)C2=O)CC1. The average molecular weight is 347 g/mol. The van der Waals surface area contributed by atoms with Gasteiger partial charge in [0.15, 0.2) is 6.04 Å². The molecule has 2 aliphatic rings. The van der Waals surface area contributed by atoms with Crippen molar-refractivity contribution in [3.05, 3.63) is 29.8 Å². The Hall–Kier alpha value is -2.25. The summed E-state index contributed by atoms with van der Waals surface area (Å²) in [6.07, 6.45) is 0.258. The van der Waals surface area contributed by atoms with Gasteiger partial charge in [-0.1, -0.05) is 0 Å². The van der Waals surface area contributed by atoms with Crippen molar-refractivity contribution >= 4 is 23.5 Å². The zero-order valence-corrected chi connectivity index (χ0v) is 14.7. The minimum atomic E-state index is -0.441. The molecule has 2 amide bonds. The highest BCUT2D eigenvalue weighted by molar-refractivity contribution is 6.21. The monoisotopic (exact) mass is 347 g/mol. The second-order valence-electron chi connectivity index (χ2n) is 6.62. The molecule has 2 N–H and O–H groups in total. The van der Waals surface area contributed by atoms with Crippen LogP contribution < -0.4 is 14.7 Å². The Balaban J connectivity index is 1.72. The highest BCUT2D eigenvalue weighted by Crippen LogP contribution is 2.22. The van der Waals surface area contributed by atoms with Crippen LogP contribution in [0.4, 0.5) is 5.69 Å². The van der Waals surface area contributed by atoms with Crippen LogP contribution in [0.1, 0.15) is 23.7 Å². The minimum absolute atomic E-state index is 0.134. The number of nitrogens with one attached hydrogen (secondary N) is 2. The van der Waals surface area contributed by atoms with Crippen LogP contribution >= 0.6 is 0 Å². The maximum atomic E-state index is 12.8. The van der Waals surface area contributed by atoms with E-state index in [1.54, 1.807) is 29.2 Å². The van der Waals surface area contributed by atoms with Crippen molar-refractivity contribution in [3.63, 3.8) is 0 Å². The first-order chi connectivity index (χ1) is 12.0. The molecule has 2 aliphatic heterocycles. The lowest BCUT2D eigenvalue weighted by atomic mass is 10.1. The highest BCUT2D eigenvalue weighted by atomic mass is 16.5. The molecule has 1 aromatic carbocycles. The number of ether oxygens (including phenoxy) is 1. The number of benzene rings is 1. The van der Waals surface area contributed by atoms with Gasteiger partial charge in [0.1, 0.15) is 26.2 Å². The lowest BCUT2D eigenvalue weighted by molar-refractivity contribution is -1.02. The molecule has 134 valence electrons. The van der Waals surface area contributed by atoms with Gasteiger partial charge in [0, 0.05) is 0 Å². The number of hydrogen-bond donors (Lipinski definition) is 2. The largest absolute Gasteiger partial charge is 0.465 e. The number of carbonyl (C=O) groups excluding carboxylic acids is 3. The molecule has 1 aromatic rings. The molecular weight excluding hydrogens is 322 g/mol. The van der Waals surface area contributed by atoms with Gasteiger partial charge in [0.25, 0.3) is 5.91 Å². The molecule has 2 heterocycles. The fourth-order valence-corrected chi connectivity index (χ4v) is 3.71. The van der Waals surface area contributed by atoms with Gasteiger partial charge < -0.3 is 14.5 Å². The smallest absolute Gasteiger partial charge is 0.337 e. The van der Waals surface area contributed by atoms with Crippen molar-refractivity contribution in [2.45, 2.75) is 19.4 Å². The second-order valence-corrected chi connectivity index (χ2v) is 6.62. The number of imide groups is 1. The molecule has 3 rings (SSSR count). The maximum absolute atomic E-state index is 12.8. The van der Waals surface area contributed by atoms with Gasteiger partial charge in [-0.15, -0.1) is 0 Å². The van der Waals surface area contributed by atoms with E-state index in [1.807, 2.05) is 0 Å². The number of piperazine rings is 1. The summed E-state index contributed by atoms with van der Waals surface area (Å²) < 4.78 is 4.67. The lowest BCUT2D eigenvalue weighted by Gasteiger charge is -2.31. The standard InChI is InChI=1S/C18H23N3O4/c1-3-19-8-10-20(11-9-19)15-12-16(22)21(17(15)23)14-6-4-13(5-7-14)18(24)25-2/h4-7,15H,3,8-12H2,1-2H3/p+2/t15-/m1/s1. The third-order valence-electron chi connectivity index (χ3n) is 5.29. The van der Waals surface area contributed by atoms with Gasteiger partial charge in [-0.05, 0) is 31.2 Å². The number of rotatable bonds is 4. The van der Waals surface area contributed by atoms with Crippen LogP contribution in [0, 0.1) is 0 Å². The molecular formula is C18H25N3O4+2. The zero-order valence-electron chi connectivity index (χ0n) is 14.7. The van der Waals surface area contributed by atoms with Gasteiger partial charge in [0.2, 0.25) is 5.91 Å². The predicted octanol–water partition coefficient (Wildman–Crippen LogP) is -2.09. The Labute approximate surface area is 147 Å². The molecule has 0 radical (unpaired) electrons. The van der Waals surface area contributed by atoms with E-state index in [0.29, 0.717) is 11.3 Å². The van der Waals surface area contributed by atoms with Crippen LogP contribution in [-0.2, 0) is 14.3 Å². The van der Waals surface area contributed by atoms with E-state index in [0.717, 1.165) is 32.7 Å². The summed E-state index contributed by atoms with van der Waals surface area (Å²) in [5.74, 6) is -0.742. The second kappa shape index (κ2) is 7.33. The average Bonchev–Trinajstić information content (AvgIpc) is 2.95. The first-order valence-corrected chi connectivity index (χ1v) is 8.78. The van der Waals surface area contributed by atoms with Crippen LogP contribution in [0.3, 0.4) is 0 Å². The van der Waals surface area contributed by atoms with Crippen LogP contribution in [-0.4, -0.2) is 63.7 Å². The van der Waals surface area contributed by atoms with E-state index in [-0.39, 0.29) is 24.3 Å². The molecule has 2 saturated heterocycles. The van der Waals surface area contributed by atoms with Crippen molar-refractivity contribution in [3.8, 4) is 0 Å². The first-order valence-electron chi connectivity index (χ1n) is 8.78. The minimum Gasteiger partial charge on any atom is -0.465 e. The number of anilines is 1. The van der Waals surface area contributed by atoms with Gasteiger partial charge in [-0.25, -0.2) is 9.69 Å².